The van der Waals surface area contributed by atoms with Gasteiger partial charge in [0.15, 0.2) is 0 Å². The van der Waals surface area contributed by atoms with Crippen molar-refractivity contribution in [1.29, 1.82) is 0 Å². The maximum atomic E-state index is 13.4. The van der Waals surface area contributed by atoms with E-state index in [9.17, 15) is 19.8 Å². The summed E-state index contributed by atoms with van der Waals surface area (Å²) in [5, 5.41) is 19.3. The molecule has 4 rings (SSSR count). The highest BCUT2D eigenvalue weighted by molar-refractivity contribution is 6.32. The zero-order valence-electron chi connectivity index (χ0n) is 16.3. The van der Waals surface area contributed by atoms with Crippen LogP contribution in [0, 0.1) is 6.92 Å². The SMILES string of the molecule is Cc1cc2c(c(=O)n1CCc1ccc(O)cc1)[C@@H](c1ccc(O)c(Cl)c1)CC(=O)O2. The molecule has 0 fully saturated rings. The van der Waals surface area contributed by atoms with Gasteiger partial charge in [0.1, 0.15) is 17.2 Å². The summed E-state index contributed by atoms with van der Waals surface area (Å²) in [5.41, 5.74) is 2.54. The van der Waals surface area contributed by atoms with Crippen LogP contribution in [-0.4, -0.2) is 20.7 Å². The van der Waals surface area contributed by atoms with Crippen LogP contribution in [0.1, 0.15) is 34.7 Å². The molecule has 2 N–H and O–H groups in total. The number of hydrogen-bond acceptors (Lipinski definition) is 5. The summed E-state index contributed by atoms with van der Waals surface area (Å²) in [4.78, 5) is 25.6. The molecule has 154 valence electrons. The van der Waals surface area contributed by atoms with Gasteiger partial charge in [-0.25, -0.2) is 0 Å². The number of halogens is 1. The Balaban J connectivity index is 1.74. The Kier molecular flexibility index (Phi) is 5.26. The van der Waals surface area contributed by atoms with Gasteiger partial charge in [0.05, 0.1) is 17.0 Å². The first-order valence-electron chi connectivity index (χ1n) is 9.55. The fourth-order valence-corrected chi connectivity index (χ4v) is 3.99. The monoisotopic (exact) mass is 425 g/mol. The van der Waals surface area contributed by atoms with Gasteiger partial charge in [-0.1, -0.05) is 29.8 Å². The van der Waals surface area contributed by atoms with E-state index >= 15 is 0 Å². The Morgan fingerprint density at radius 2 is 1.83 bits per heavy atom. The summed E-state index contributed by atoms with van der Waals surface area (Å²) < 4.78 is 7.03. The van der Waals surface area contributed by atoms with Gasteiger partial charge in [-0.3, -0.25) is 9.59 Å². The molecule has 1 aromatic heterocycles. The first kappa shape index (κ1) is 20.0. The standard InChI is InChI=1S/C23H20ClNO5/c1-13-10-20-22(23(29)25(13)9-8-14-2-5-16(26)6-3-14)17(12-21(28)30-20)15-4-7-19(27)18(24)11-15/h2-7,10-11,17,26-27H,8-9,12H2,1H3/t17-/m1/s1. The number of ether oxygens (including phenoxy) is 1. The van der Waals surface area contributed by atoms with Gasteiger partial charge in [-0.15, -0.1) is 0 Å². The van der Waals surface area contributed by atoms with Gasteiger partial charge in [0.2, 0.25) is 0 Å². The van der Waals surface area contributed by atoms with Gasteiger partial charge in [0.25, 0.3) is 5.56 Å². The largest absolute Gasteiger partial charge is 0.508 e. The van der Waals surface area contributed by atoms with Crippen LogP contribution in [0.4, 0.5) is 0 Å². The van der Waals surface area contributed by atoms with Crippen molar-refractivity contribution >= 4 is 17.6 Å². The highest BCUT2D eigenvalue weighted by Gasteiger charge is 2.32. The molecule has 0 saturated heterocycles. The average Bonchev–Trinajstić information content (AvgIpc) is 2.70. The molecule has 1 aliphatic rings. The molecule has 1 aliphatic heterocycles. The maximum absolute atomic E-state index is 13.4. The number of phenols is 2. The summed E-state index contributed by atoms with van der Waals surface area (Å²) in [6, 6.07) is 13.3. The molecule has 1 atom stereocenters. The predicted molar refractivity (Wildman–Crippen MR) is 112 cm³/mol. The zero-order valence-corrected chi connectivity index (χ0v) is 17.0. The third-order valence-electron chi connectivity index (χ3n) is 5.38. The van der Waals surface area contributed by atoms with Crippen LogP contribution in [0.3, 0.4) is 0 Å². The molecule has 0 radical (unpaired) electrons. The second-order valence-corrected chi connectivity index (χ2v) is 7.79. The minimum Gasteiger partial charge on any atom is -0.508 e. The van der Waals surface area contributed by atoms with Gasteiger partial charge < -0.3 is 19.5 Å². The Labute approximate surface area is 177 Å². The average molecular weight is 426 g/mol. The molecule has 0 amide bonds. The lowest BCUT2D eigenvalue weighted by Crippen LogP contribution is -2.33. The summed E-state index contributed by atoms with van der Waals surface area (Å²) in [5.74, 6) is -0.527. The number of hydrogen-bond donors (Lipinski definition) is 2. The van der Waals surface area contributed by atoms with E-state index < -0.39 is 11.9 Å². The Morgan fingerprint density at radius 3 is 2.53 bits per heavy atom. The van der Waals surface area contributed by atoms with Crippen LogP contribution >= 0.6 is 11.6 Å². The summed E-state index contributed by atoms with van der Waals surface area (Å²) in [6.45, 7) is 2.24. The fraction of sp³-hybridized carbons (Fsp3) is 0.217. The van der Waals surface area contributed by atoms with Gasteiger partial charge in [-0.05, 0) is 48.7 Å². The number of aromatic hydroxyl groups is 2. The van der Waals surface area contributed by atoms with Crippen molar-refractivity contribution in [2.75, 3.05) is 0 Å². The molecule has 7 heteroatoms. The van der Waals surface area contributed by atoms with Crippen molar-refractivity contribution in [3.63, 3.8) is 0 Å². The molecule has 2 aromatic carbocycles. The summed E-state index contributed by atoms with van der Waals surface area (Å²) in [6.07, 6.45) is 0.625. The van der Waals surface area contributed by atoms with Crippen molar-refractivity contribution in [1.82, 2.24) is 4.57 Å². The number of carbonyl (C=O) groups excluding carboxylic acids is 1. The third-order valence-corrected chi connectivity index (χ3v) is 5.69. The Bertz CT molecular complexity index is 1180. The predicted octanol–water partition coefficient (Wildman–Crippen LogP) is 3.91. The van der Waals surface area contributed by atoms with Crippen LogP contribution in [0.2, 0.25) is 5.02 Å². The van der Waals surface area contributed by atoms with Crippen LogP contribution in [-0.2, 0) is 17.8 Å². The molecule has 0 saturated carbocycles. The second kappa shape index (κ2) is 7.88. The number of phenolic OH excluding ortho intramolecular Hbond substituents is 2. The number of aromatic nitrogens is 1. The van der Waals surface area contributed by atoms with E-state index in [4.69, 9.17) is 16.3 Å². The van der Waals surface area contributed by atoms with Crippen LogP contribution in [0.5, 0.6) is 17.2 Å². The van der Waals surface area contributed by atoms with Crippen LogP contribution in [0.15, 0.2) is 53.3 Å². The molecular weight excluding hydrogens is 406 g/mol. The highest BCUT2D eigenvalue weighted by atomic mass is 35.5. The van der Waals surface area contributed by atoms with Gasteiger partial charge in [0, 0.05) is 24.2 Å². The van der Waals surface area contributed by atoms with Gasteiger partial charge in [-0.2, -0.15) is 0 Å². The lowest BCUT2D eigenvalue weighted by molar-refractivity contribution is -0.135. The van der Waals surface area contributed by atoms with E-state index in [1.165, 1.54) is 6.07 Å². The van der Waals surface area contributed by atoms with E-state index in [-0.39, 0.29) is 34.3 Å². The first-order valence-corrected chi connectivity index (χ1v) is 9.92. The minimum atomic E-state index is -0.507. The van der Waals surface area contributed by atoms with Crippen molar-refractivity contribution in [2.45, 2.75) is 32.2 Å². The van der Waals surface area contributed by atoms with Crippen LogP contribution < -0.4 is 10.3 Å². The zero-order chi connectivity index (χ0) is 21.4. The molecule has 6 nitrogen and oxygen atoms in total. The molecule has 0 aliphatic carbocycles. The van der Waals surface area contributed by atoms with E-state index in [0.717, 1.165) is 5.56 Å². The van der Waals surface area contributed by atoms with E-state index in [1.54, 1.807) is 41.8 Å². The van der Waals surface area contributed by atoms with Gasteiger partial charge >= 0.3 is 5.97 Å². The number of rotatable bonds is 4. The maximum Gasteiger partial charge on any atom is 0.312 e. The summed E-state index contributed by atoms with van der Waals surface area (Å²) >= 11 is 6.05. The number of pyridine rings is 1. The molecule has 2 heterocycles. The van der Waals surface area contributed by atoms with Crippen molar-refractivity contribution in [2.24, 2.45) is 0 Å². The lowest BCUT2D eigenvalue weighted by Gasteiger charge is -2.26. The molecular formula is C23H20ClNO5. The second-order valence-electron chi connectivity index (χ2n) is 7.38. The number of nitrogens with zero attached hydrogens (tertiary/aromatic N) is 1. The van der Waals surface area contributed by atoms with Crippen molar-refractivity contribution in [3.05, 3.63) is 86.3 Å². The van der Waals surface area contributed by atoms with Crippen molar-refractivity contribution in [3.8, 4) is 17.2 Å². The molecule has 3 aromatic rings. The number of esters is 1. The smallest absolute Gasteiger partial charge is 0.312 e. The van der Waals surface area contributed by atoms with Crippen molar-refractivity contribution < 1.29 is 19.7 Å². The number of fused-ring (bicyclic) bond motifs is 1. The minimum absolute atomic E-state index is 0.0182. The lowest BCUT2D eigenvalue weighted by atomic mass is 9.87. The fourth-order valence-electron chi connectivity index (χ4n) is 3.80. The van der Waals surface area contributed by atoms with E-state index in [0.29, 0.717) is 29.8 Å². The Morgan fingerprint density at radius 1 is 1.10 bits per heavy atom. The van der Waals surface area contributed by atoms with E-state index in [1.807, 2.05) is 12.1 Å². The quantitative estimate of drug-likeness (QED) is 0.619. The molecule has 0 spiro atoms. The summed E-state index contributed by atoms with van der Waals surface area (Å²) in [7, 11) is 0. The normalized spacial score (nSPS) is 15.5. The topological polar surface area (TPSA) is 88.8 Å². The van der Waals surface area contributed by atoms with E-state index in [2.05, 4.69) is 0 Å². The first-order chi connectivity index (χ1) is 14.3. The number of carbonyl (C=O) groups is 1. The highest BCUT2D eigenvalue weighted by Crippen LogP contribution is 2.39. The number of benzene rings is 2. The van der Waals surface area contributed by atoms with Crippen LogP contribution in [0.25, 0.3) is 0 Å². The Hall–Kier alpha value is -3.25. The third kappa shape index (κ3) is 3.78. The molecule has 0 unspecified atom stereocenters. The molecule has 0 bridgehead atoms. The molecule has 30 heavy (non-hydrogen) atoms. The number of aryl methyl sites for hydroxylation is 2.